The highest BCUT2D eigenvalue weighted by Crippen LogP contribution is 2.26. The van der Waals surface area contributed by atoms with Crippen molar-refractivity contribution in [3.05, 3.63) is 41.4 Å². The molecule has 2 aromatic rings. The van der Waals surface area contributed by atoms with E-state index in [0.717, 1.165) is 36.5 Å². The van der Waals surface area contributed by atoms with E-state index in [4.69, 9.17) is 16.3 Å². The fourth-order valence-electron chi connectivity index (χ4n) is 3.08. The first-order chi connectivity index (χ1) is 12.8. The summed E-state index contributed by atoms with van der Waals surface area (Å²) >= 11 is 6.23. The van der Waals surface area contributed by atoms with Crippen molar-refractivity contribution >= 4 is 23.5 Å². The first-order valence-corrected chi connectivity index (χ1v) is 9.53. The minimum Gasteiger partial charge on any atom is -0.444 e. The second-order valence-electron chi connectivity index (χ2n) is 7.69. The summed E-state index contributed by atoms with van der Waals surface area (Å²) in [5, 5.41) is 12.3. The number of hydrogen-bond acceptors (Lipinski definition) is 5. The largest absolute Gasteiger partial charge is 0.444 e. The van der Waals surface area contributed by atoms with Gasteiger partial charge in [0, 0.05) is 24.7 Å². The molecule has 7 heteroatoms. The number of rotatable bonds is 3. The number of alkyl carbamates (subject to hydrolysis) is 1. The monoisotopic (exact) mass is 388 g/mol. The normalized spacial score (nSPS) is 17.5. The van der Waals surface area contributed by atoms with E-state index in [0.29, 0.717) is 11.6 Å². The number of benzene rings is 1. The van der Waals surface area contributed by atoms with Gasteiger partial charge in [-0.1, -0.05) is 29.8 Å². The van der Waals surface area contributed by atoms with Crippen LogP contribution in [-0.2, 0) is 4.74 Å². The first-order valence-electron chi connectivity index (χ1n) is 9.15. The number of carbonyl (C=O) groups excluding carboxylic acids is 1. The predicted molar refractivity (Wildman–Crippen MR) is 107 cm³/mol. The van der Waals surface area contributed by atoms with Crippen LogP contribution in [0, 0.1) is 0 Å². The van der Waals surface area contributed by atoms with Crippen molar-refractivity contribution in [3.63, 3.8) is 0 Å². The lowest BCUT2D eigenvalue weighted by molar-refractivity contribution is 0.0500. The lowest BCUT2D eigenvalue weighted by Gasteiger charge is -2.34. The third-order valence-corrected chi connectivity index (χ3v) is 4.60. The van der Waals surface area contributed by atoms with Gasteiger partial charge in [0.05, 0.1) is 10.7 Å². The Morgan fingerprint density at radius 2 is 2.00 bits per heavy atom. The van der Waals surface area contributed by atoms with E-state index < -0.39 is 5.60 Å². The number of nitrogens with zero attached hydrogens (tertiary/aromatic N) is 3. The predicted octanol–water partition coefficient (Wildman–Crippen LogP) is 4.29. The maximum absolute atomic E-state index is 12.0. The Labute approximate surface area is 164 Å². The van der Waals surface area contributed by atoms with Crippen LogP contribution in [0.2, 0.25) is 5.02 Å². The van der Waals surface area contributed by atoms with E-state index in [1.165, 1.54) is 0 Å². The summed E-state index contributed by atoms with van der Waals surface area (Å²) in [6.07, 6.45) is 1.50. The zero-order valence-electron chi connectivity index (χ0n) is 15.9. The molecule has 1 unspecified atom stereocenters. The van der Waals surface area contributed by atoms with E-state index in [1.54, 1.807) is 0 Å². The van der Waals surface area contributed by atoms with Gasteiger partial charge in [0.2, 0.25) is 0 Å². The van der Waals surface area contributed by atoms with Gasteiger partial charge < -0.3 is 15.0 Å². The van der Waals surface area contributed by atoms with Gasteiger partial charge in [-0.25, -0.2) is 4.79 Å². The highest BCUT2D eigenvalue weighted by molar-refractivity contribution is 6.33. The van der Waals surface area contributed by atoms with Crippen molar-refractivity contribution in [3.8, 4) is 11.3 Å². The number of hydrogen-bond donors (Lipinski definition) is 1. The average molecular weight is 389 g/mol. The molecule has 0 spiro atoms. The van der Waals surface area contributed by atoms with Gasteiger partial charge in [-0.05, 0) is 51.8 Å². The zero-order valence-corrected chi connectivity index (χ0v) is 16.7. The number of ether oxygens (including phenoxy) is 1. The summed E-state index contributed by atoms with van der Waals surface area (Å²) in [5.41, 5.74) is 1.10. The molecule has 1 saturated heterocycles. The number of anilines is 1. The van der Waals surface area contributed by atoms with Gasteiger partial charge in [0.1, 0.15) is 5.60 Å². The average Bonchev–Trinajstić information content (AvgIpc) is 2.61. The topological polar surface area (TPSA) is 67.3 Å². The molecule has 0 aliphatic carbocycles. The Morgan fingerprint density at radius 3 is 2.67 bits per heavy atom. The SMILES string of the molecule is CC(C)(C)OC(=O)NC1CCCN(c2ccc(-c3ccccc3Cl)nn2)C1. The number of aromatic nitrogens is 2. The van der Waals surface area contributed by atoms with Gasteiger partial charge in [0.25, 0.3) is 0 Å². The lowest BCUT2D eigenvalue weighted by atomic mass is 10.1. The molecule has 1 aromatic carbocycles. The molecule has 144 valence electrons. The summed E-state index contributed by atoms with van der Waals surface area (Å²) in [7, 11) is 0. The second-order valence-corrected chi connectivity index (χ2v) is 8.10. The molecule has 1 atom stereocenters. The molecule has 0 bridgehead atoms. The van der Waals surface area contributed by atoms with Crippen LogP contribution in [0.1, 0.15) is 33.6 Å². The molecule has 0 radical (unpaired) electrons. The van der Waals surface area contributed by atoms with Gasteiger partial charge in [-0.3, -0.25) is 0 Å². The number of piperidine rings is 1. The van der Waals surface area contributed by atoms with Crippen molar-refractivity contribution < 1.29 is 9.53 Å². The third-order valence-electron chi connectivity index (χ3n) is 4.27. The maximum atomic E-state index is 12.0. The second kappa shape index (κ2) is 8.13. The Balaban J connectivity index is 1.64. The number of amides is 1. The Bertz CT molecular complexity index is 789. The molecule has 0 saturated carbocycles. The first kappa shape index (κ1) is 19.4. The van der Waals surface area contributed by atoms with Crippen LogP contribution in [0.25, 0.3) is 11.3 Å². The van der Waals surface area contributed by atoms with Crippen LogP contribution < -0.4 is 10.2 Å². The Morgan fingerprint density at radius 1 is 1.22 bits per heavy atom. The van der Waals surface area contributed by atoms with Crippen molar-refractivity contribution in [1.29, 1.82) is 0 Å². The maximum Gasteiger partial charge on any atom is 0.407 e. The summed E-state index contributed by atoms with van der Waals surface area (Å²) < 4.78 is 5.35. The van der Waals surface area contributed by atoms with Crippen LogP contribution >= 0.6 is 11.6 Å². The highest BCUT2D eigenvalue weighted by atomic mass is 35.5. The smallest absolute Gasteiger partial charge is 0.407 e. The van der Waals surface area contributed by atoms with Crippen molar-refractivity contribution in [1.82, 2.24) is 15.5 Å². The van der Waals surface area contributed by atoms with E-state index in [9.17, 15) is 4.79 Å². The highest BCUT2D eigenvalue weighted by Gasteiger charge is 2.25. The lowest BCUT2D eigenvalue weighted by Crippen LogP contribution is -2.49. The number of carbonyl (C=O) groups is 1. The third kappa shape index (κ3) is 5.32. The van der Waals surface area contributed by atoms with Crippen LogP contribution in [0.5, 0.6) is 0 Å². The summed E-state index contributed by atoms with van der Waals surface area (Å²) in [4.78, 5) is 14.1. The van der Waals surface area contributed by atoms with Gasteiger partial charge in [-0.2, -0.15) is 0 Å². The van der Waals surface area contributed by atoms with Crippen molar-refractivity contribution in [2.45, 2.75) is 45.3 Å². The van der Waals surface area contributed by atoms with Crippen molar-refractivity contribution in [2.24, 2.45) is 0 Å². The van der Waals surface area contributed by atoms with Crippen molar-refractivity contribution in [2.75, 3.05) is 18.0 Å². The van der Waals surface area contributed by atoms with Crippen LogP contribution in [0.4, 0.5) is 10.6 Å². The fourth-order valence-corrected chi connectivity index (χ4v) is 3.32. The van der Waals surface area contributed by atoms with Gasteiger partial charge in [0.15, 0.2) is 5.82 Å². The molecule has 1 amide bonds. The number of nitrogens with one attached hydrogen (secondary N) is 1. The molecule has 1 aliphatic heterocycles. The Hall–Kier alpha value is -2.34. The molecule has 2 heterocycles. The summed E-state index contributed by atoms with van der Waals surface area (Å²) in [6, 6.07) is 11.5. The van der Waals surface area contributed by atoms with E-state index in [1.807, 2.05) is 57.2 Å². The minimum atomic E-state index is -0.502. The summed E-state index contributed by atoms with van der Waals surface area (Å²) in [6.45, 7) is 7.13. The molecule has 1 fully saturated rings. The van der Waals surface area contributed by atoms with Gasteiger partial charge in [-0.15, -0.1) is 10.2 Å². The quantitative estimate of drug-likeness (QED) is 0.849. The summed E-state index contributed by atoms with van der Waals surface area (Å²) in [5.74, 6) is 0.793. The van der Waals surface area contributed by atoms with Crippen LogP contribution in [-0.4, -0.2) is 41.0 Å². The fraction of sp³-hybridized carbons (Fsp3) is 0.450. The molecular weight excluding hydrogens is 364 g/mol. The molecule has 1 aliphatic rings. The van der Waals surface area contributed by atoms with Crippen LogP contribution in [0.3, 0.4) is 0 Å². The Kier molecular flexibility index (Phi) is 5.85. The molecule has 3 rings (SSSR count). The van der Waals surface area contributed by atoms with Gasteiger partial charge >= 0.3 is 6.09 Å². The molecular formula is C20H25ClN4O2. The standard InChI is InChI=1S/C20H25ClN4O2/c1-20(2,3)27-19(26)22-14-7-6-12-25(13-14)18-11-10-17(23-24-18)15-8-4-5-9-16(15)21/h4-5,8-11,14H,6-7,12-13H2,1-3H3,(H,22,26). The van der Waals surface area contributed by atoms with E-state index in [-0.39, 0.29) is 12.1 Å². The van der Waals surface area contributed by atoms with E-state index >= 15 is 0 Å². The molecule has 6 nitrogen and oxygen atoms in total. The zero-order chi connectivity index (χ0) is 19.4. The molecule has 1 aromatic heterocycles. The molecule has 1 N–H and O–H groups in total. The van der Waals surface area contributed by atoms with Crippen LogP contribution in [0.15, 0.2) is 36.4 Å². The number of halogens is 1. The molecule has 27 heavy (non-hydrogen) atoms. The van der Waals surface area contributed by atoms with E-state index in [2.05, 4.69) is 20.4 Å². The minimum absolute atomic E-state index is 0.0265.